The monoisotopic (exact) mass is 489 g/mol. The Labute approximate surface area is 190 Å². The summed E-state index contributed by atoms with van der Waals surface area (Å²) in [6.45, 7) is 1.47. The molecule has 0 saturated carbocycles. The summed E-state index contributed by atoms with van der Waals surface area (Å²) in [7, 11) is 0. The van der Waals surface area contributed by atoms with Gasteiger partial charge < -0.3 is 9.52 Å². The lowest BCUT2D eigenvalue weighted by Gasteiger charge is -2.25. The van der Waals surface area contributed by atoms with Crippen LogP contribution in [0.1, 0.15) is 45.0 Å². The fourth-order valence-corrected chi connectivity index (χ4v) is 4.44. The highest BCUT2D eigenvalue weighted by molar-refractivity contribution is 9.10. The van der Waals surface area contributed by atoms with Crippen molar-refractivity contribution in [3.8, 4) is 5.75 Å². The van der Waals surface area contributed by atoms with Crippen molar-refractivity contribution < 1.29 is 19.1 Å². The first kappa shape index (κ1) is 20.2. The first-order chi connectivity index (χ1) is 15.3. The quantitative estimate of drug-likeness (QED) is 0.399. The number of hydrogen-bond donors (Lipinski definition) is 1. The molecule has 5 rings (SSSR count). The number of halogens is 1. The number of aromatic hydroxyl groups is 1. The predicted molar refractivity (Wildman–Crippen MR) is 123 cm³/mol. The van der Waals surface area contributed by atoms with E-state index in [0.717, 1.165) is 0 Å². The molecule has 158 valence electrons. The average Bonchev–Trinajstić information content (AvgIpc) is 3.07. The van der Waals surface area contributed by atoms with Crippen LogP contribution in [0.4, 0.5) is 5.69 Å². The first-order valence-corrected chi connectivity index (χ1v) is 10.6. The third-order valence-electron chi connectivity index (χ3n) is 5.57. The molecule has 1 amide bonds. The van der Waals surface area contributed by atoms with Crippen molar-refractivity contribution in [2.75, 3.05) is 4.90 Å². The van der Waals surface area contributed by atoms with Gasteiger partial charge in [0.1, 0.15) is 11.3 Å². The van der Waals surface area contributed by atoms with Crippen LogP contribution in [-0.2, 0) is 0 Å². The molecule has 6 nitrogen and oxygen atoms in total. The molecule has 1 aliphatic heterocycles. The lowest BCUT2D eigenvalue weighted by Crippen LogP contribution is -2.29. The fourth-order valence-electron chi connectivity index (χ4n) is 4.08. The van der Waals surface area contributed by atoms with Gasteiger partial charge >= 0.3 is 0 Å². The van der Waals surface area contributed by atoms with Crippen molar-refractivity contribution >= 4 is 44.3 Å². The Bertz CT molecular complexity index is 1470. The number of benzene rings is 3. The Morgan fingerprint density at radius 1 is 1.03 bits per heavy atom. The van der Waals surface area contributed by atoms with Crippen LogP contribution in [0.25, 0.3) is 11.0 Å². The van der Waals surface area contributed by atoms with Crippen LogP contribution in [0.3, 0.4) is 0 Å². The van der Waals surface area contributed by atoms with Gasteiger partial charge in [0.2, 0.25) is 5.76 Å². The summed E-state index contributed by atoms with van der Waals surface area (Å²) in [6, 6.07) is 17.3. The van der Waals surface area contributed by atoms with Crippen molar-refractivity contribution in [2.24, 2.45) is 0 Å². The zero-order valence-corrected chi connectivity index (χ0v) is 18.4. The highest BCUT2D eigenvalue weighted by Gasteiger charge is 2.43. The van der Waals surface area contributed by atoms with Crippen molar-refractivity contribution in [3.05, 3.63) is 104 Å². The Morgan fingerprint density at radius 3 is 2.47 bits per heavy atom. The molecule has 0 bridgehead atoms. The van der Waals surface area contributed by atoms with E-state index in [1.807, 2.05) is 0 Å². The van der Waals surface area contributed by atoms with Crippen LogP contribution < -0.4 is 10.3 Å². The minimum Gasteiger partial charge on any atom is -0.508 e. The molecular formula is C25H16BrNO5. The molecule has 1 atom stereocenters. The van der Waals surface area contributed by atoms with E-state index in [-0.39, 0.29) is 28.3 Å². The van der Waals surface area contributed by atoms with Gasteiger partial charge in [0.15, 0.2) is 11.2 Å². The van der Waals surface area contributed by atoms with Gasteiger partial charge in [-0.1, -0.05) is 28.1 Å². The molecule has 0 saturated heterocycles. The summed E-state index contributed by atoms with van der Waals surface area (Å²) < 4.78 is 6.63. The van der Waals surface area contributed by atoms with E-state index in [1.165, 1.54) is 24.0 Å². The van der Waals surface area contributed by atoms with Crippen molar-refractivity contribution in [1.29, 1.82) is 0 Å². The Hall–Kier alpha value is -3.71. The molecule has 0 radical (unpaired) electrons. The molecule has 4 aromatic rings. The molecule has 3 aromatic carbocycles. The molecule has 0 aliphatic carbocycles. The highest BCUT2D eigenvalue weighted by Crippen LogP contribution is 2.42. The molecule has 1 unspecified atom stereocenters. The number of fused-ring (bicyclic) bond motifs is 2. The molecule has 0 fully saturated rings. The lowest BCUT2D eigenvalue weighted by molar-refractivity contribution is 0.0970. The van der Waals surface area contributed by atoms with E-state index in [2.05, 4.69) is 15.9 Å². The maximum Gasteiger partial charge on any atom is 0.295 e. The van der Waals surface area contributed by atoms with E-state index in [0.29, 0.717) is 32.3 Å². The van der Waals surface area contributed by atoms with Gasteiger partial charge in [-0.05, 0) is 67.1 Å². The third kappa shape index (κ3) is 3.13. The standard InChI is InChI=1S/C25H16BrNO5/c1-13(28)14-5-8-17(9-6-14)27-22(15-3-2-4-18(29)11-15)21-23(30)19-12-16(26)7-10-20(19)32-24(21)25(27)31/h2-12,22,29H,1H3. The molecule has 1 aliphatic rings. The number of phenolic OH excluding ortho intramolecular Hbond substituents is 1. The van der Waals surface area contributed by atoms with Gasteiger partial charge in [0, 0.05) is 15.7 Å². The van der Waals surface area contributed by atoms with Crippen molar-refractivity contribution in [2.45, 2.75) is 13.0 Å². The van der Waals surface area contributed by atoms with Gasteiger partial charge in [-0.2, -0.15) is 0 Å². The largest absolute Gasteiger partial charge is 0.508 e. The summed E-state index contributed by atoms with van der Waals surface area (Å²) in [5.41, 5.74) is 1.79. The Balaban J connectivity index is 1.79. The van der Waals surface area contributed by atoms with Crippen LogP contribution in [0.2, 0.25) is 0 Å². The number of anilines is 1. The second-order valence-corrected chi connectivity index (χ2v) is 8.51. The van der Waals surface area contributed by atoms with Crippen LogP contribution in [0.5, 0.6) is 5.75 Å². The Morgan fingerprint density at radius 2 is 1.78 bits per heavy atom. The summed E-state index contributed by atoms with van der Waals surface area (Å²) in [4.78, 5) is 40.2. The first-order valence-electron chi connectivity index (χ1n) is 9.85. The summed E-state index contributed by atoms with van der Waals surface area (Å²) in [5, 5.41) is 10.4. The number of rotatable bonds is 3. The van der Waals surface area contributed by atoms with Gasteiger partial charge in [0.25, 0.3) is 5.91 Å². The maximum absolute atomic E-state index is 13.5. The minimum atomic E-state index is -0.799. The summed E-state index contributed by atoms with van der Waals surface area (Å²) in [6.07, 6.45) is 0. The molecular weight excluding hydrogens is 474 g/mol. The van der Waals surface area contributed by atoms with Gasteiger partial charge in [0.05, 0.1) is 17.0 Å². The maximum atomic E-state index is 13.5. The van der Waals surface area contributed by atoms with E-state index in [9.17, 15) is 19.5 Å². The lowest BCUT2D eigenvalue weighted by atomic mass is 9.98. The number of Topliss-reactive ketones (excluding diaryl/α,β-unsaturated/α-hetero) is 1. The second kappa shape index (κ2) is 7.46. The molecule has 32 heavy (non-hydrogen) atoms. The van der Waals surface area contributed by atoms with E-state index in [4.69, 9.17) is 4.42 Å². The van der Waals surface area contributed by atoms with E-state index in [1.54, 1.807) is 54.6 Å². The highest BCUT2D eigenvalue weighted by atomic mass is 79.9. The number of carbonyl (C=O) groups excluding carboxylic acids is 2. The number of carbonyl (C=O) groups is 2. The van der Waals surface area contributed by atoms with Gasteiger partial charge in [-0.25, -0.2) is 0 Å². The van der Waals surface area contributed by atoms with Crippen LogP contribution in [-0.4, -0.2) is 16.8 Å². The molecule has 0 spiro atoms. The number of hydrogen-bond acceptors (Lipinski definition) is 5. The molecule has 1 aromatic heterocycles. The Kier molecular flexibility index (Phi) is 4.71. The normalized spacial score (nSPS) is 15.2. The smallest absolute Gasteiger partial charge is 0.295 e. The SMILES string of the molecule is CC(=O)c1ccc(N2C(=O)c3oc4ccc(Br)cc4c(=O)c3C2c2cccc(O)c2)cc1. The van der Waals surface area contributed by atoms with Crippen LogP contribution >= 0.6 is 15.9 Å². The van der Waals surface area contributed by atoms with E-state index >= 15 is 0 Å². The van der Waals surface area contributed by atoms with Crippen molar-refractivity contribution in [3.63, 3.8) is 0 Å². The van der Waals surface area contributed by atoms with E-state index < -0.39 is 11.9 Å². The third-order valence-corrected chi connectivity index (χ3v) is 6.06. The predicted octanol–water partition coefficient (Wildman–Crippen LogP) is 5.21. The molecule has 7 heteroatoms. The number of ketones is 1. The zero-order valence-electron chi connectivity index (χ0n) is 16.8. The van der Waals surface area contributed by atoms with Crippen LogP contribution in [0.15, 0.2) is 80.4 Å². The number of nitrogens with zero attached hydrogens (tertiary/aromatic N) is 1. The topological polar surface area (TPSA) is 87.8 Å². The van der Waals surface area contributed by atoms with Crippen LogP contribution in [0, 0.1) is 0 Å². The zero-order chi connectivity index (χ0) is 22.6. The molecule has 2 heterocycles. The minimum absolute atomic E-state index is 0.0168. The van der Waals surface area contributed by atoms with Gasteiger partial charge in [-0.15, -0.1) is 0 Å². The second-order valence-electron chi connectivity index (χ2n) is 7.59. The summed E-state index contributed by atoms with van der Waals surface area (Å²) >= 11 is 3.38. The van der Waals surface area contributed by atoms with Gasteiger partial charge in [-0.3, -0.25) is 19.3 Å². The number of amides is 1. The average molecular weight is 490 g/mol. The fraction of sp³-hybridized carbons (Fsp3) is 0.0800. The summed E-state index contributed by atoms with van der Waals surface area (Å²) in [5.74, 6) is -0.575. The molecule has 1 N–H and O–H groups in total. The van der Waals surface area contributed by atoms with Crippen molar-refractivity contribution in [1.82, 2.24) is 0 Å². The number of phenols is 1.